The number of methoxy groups -OCH3 is 1. The summed E-state index contributed by atoms with van der Waals surface area (Å²) in [5, 5.41) is 11.6. The van der Waals surface area contributed by atoms with Crippen molar-refractivity contribution in [2.45, 2.75) is 51.6 Å². The number of fused-ring (bicyclic) bond motifs is 1. The number of guanidine groups is 1. The number of carboxylic acid groups (broad SMARTS) is 1. The highest BCUT2D eigenvalue weighted by Crippen LogP contribution is 2.20. The number of hydrogen-bond donors (Lipinski definition) is 4. The lowest BCUT2D eigenvalue weighted by atomic mass is 10.1. The van der Waals surface area contributed by atoms with E-state index in [2.05, 4.69) is 25.3 Å². The van der Waals surface area contributed by atoms with E-state index in [0.717, 1.165) is 12.8 Å². The molecule has 0 aliphatic rings. The number of amides is 1. The number of carbonyl (C=O) groups is 2. The lowest BCUT2D eigenvalue weighted by Crippen LogP contribution is -2.41. The first-order chi connectivity index (χ1) is 15.3. The Kier molecular flexibility index (Phi) is 9.44. The van der Waals surface area contributed by atoms with E-state index in [1.54, 1.807) is 20.4 Å². The number of aliphatic imine (C=N–C) groups is 1. The second-order valence-corrected chi connectivity index (χ2v) is 7.07. The van der Waals surface area contributed by atoms with E-state index in [9.17, 15) is 14.7 Å². The summed E-state index contributed by atoms with van der Waals surface area (Å²) in [4.78, 5) is 39.8. The number of nitrogens with zero attached hydrogens (tertiary/aromatic N) is 5. The van der Waals surface area contributed by atoms with Gasteiger partial charge in [-0.3, -0.25) is 4.99 Å². The molecule has 0 radical (unpaired) electrons. The Bertz CT molecular complexity index is 941. The minimum Gasteiger partial charge on any atom is -0.480 e. The standard InChI is InChI=1S/C19H30N8O5/c1-12-24-15-14(16(25-12)31-2)23-11-27(15)9-4-3-5-10-32-19(30)26-13(17(28)29)7-6-8-22-18(20)21/h11,13H,3-10H2,1-2H3,(H,26,30)(H,28,29)(H4,20,21,22). The summed E-state index contributed by atoms with van der Waals surface area (Å²) >= 11 is 0. The van der Waals surface area contributed by atoms with Crippen LogP contribution in [-0.4, -0.2) is 69.0 Å². The minimum absolute atomic E-state index is 0.0615. The Morgan fingerprint density at radius 3 is 2.72 bits per heavy atom. The van der Waals surface area contributed by atoms with Crippen LogP contribution in [0.4, 0.5) is 4.79 Å². The quantitative estimate of drug-likeness (QED) is 0.190. The fraction of sp³-hybridized carbons (Fsp3) is 0.579. The molecule has 0 aliphatic heterocycles. The number of rotatable bonds is 13. The van der Waals surface area contributed by atoms with Crippen LogP contribution in [0, 0.1) is 6.92 Å². The Morgan fingerprint density at radius 2 is 2.03 bits per heavy atom. The number of nitrogens with one attached hydrogen (secondary N) is 1. The molecule has 0 bridgehead atoms. The molecule has 0 saturated carbocycles. The zero-order valence-corrected chi connectivity index (χ0v) is 18.3. The van der Waals surface area contributed by atoms with Crippen molar-refractivity contribution in [2.75, 3.05) is 20.3 Å². The SMILES string of the molecule is COc1nc(C)nc2c1ncn2CCCCCOC(=O)NC(CCCN=C(N)N)C(=O)O. The summed E-state index contributed by atoms with van der Waals surface area (Å²) in [6.07, 6.45) is 3.80. The topological polar surface area (TPSA) is 193 Å². The second-order valence-electron chi connectivity index (χ2n) is 7.07. The molecule has 1 unspecified atom stereocenters. The van der Waals surface area contributed by atoms with Gasteiger partial charge in [-0.25, -0.2) is 19.6 Å². The first-order valence-electron chi connectivity index (χ1n) is 10.3. The van der Waals surface area contributed by atoms with Crippen LogP contribution in [0.15, 0.2) is 11.3 Å². The first-order valence-corrected chi connectivity index (χ1v) is 10.3. The van der Waals surface area contributed by atoms with Gasteiger partial charge in [0.05, 0.1) is 20.0 Å². The van der Waals surface area contributed by atoms with Crippen molar-refractivity contribution in [2.24, 2.45) is 16.5 Å². The van der Waals surface area contributed by atoms with E-state index in [4.69, 9.17) is 20.9 Å². The van der Waals surface area contributed by atoms with Crippen molar-refractivity contribution in [1.29, 1.82) is 0 Å². The highest BCUT2D eigenvalue weighted by molar-refractivity contribution is 5.80. The normalized spacial score (nSPS) is 11.7. The van der Waals surface area contributed by atoms with Gasteiger partial charge in [0, 0.05) is 13.1 Å². The van der Waals surface area contributed by atoms with Crippen molar-refractivity contribution in [3.63, 3.8) is 0 Å². The third-order valence-corrected chi connectivity index (χ3v) is 4.55. The van der Waals surface area contributed by atoms with Gasteiger partial charge in [-0.2, -0.15) is 4.98 Å². The van der Waals surface area contributed by atoms with Crippen molar-refractivity contribution in [1.82, 2.24) is 24.8 Å². The van der Waals surface area contributed by atoms with Gasteiger partial charge in [-0.15, -0.1) is 0 Å². The van der Waals surface area contributed by atoms with E-state index in [1.807, 2.05) is 4.57 Å². The number of aryl methyl sites for hydroxylation is 2. The number of imidazole rings is 1. The predicted octanol–water partition coefficient (Wildman–Crippen LogP) is 0.547. The zero-order chi connectivity index (χ0) is 23.5. The monoisotopic (exact) mass is 450 g/mol. The average molecular weight is 451 g/mol. The molecule has 2 aromatic rings. The zero-order valence-electron chi connectivity index (χ0n) is 18.3. The molecular formula is C19H30N8O5. The third kappa shape index (κ3) is 7.56. The summed E-state index contributed by atoms with van der Waals surface area (Å²) in [6, 6.07) is -1.06. The number of ether oxygens (including phenoxy) is 2. The van der Waals surface area contributed by atoms with Crippen LogP contribution >= 0.6 is 0 Å². The lowest BCUT2D eigenvalue weighted by Gasteiger charge is -2.14. The molecule has 0 aliphatic carbocycles. The number of hydrogen-bond acceptors (Lipinski definition) is 8. The van der Waals surface area contributed by atoms with Gasteiger partial charge < -0.3 is 35.9 Å². The first kappa shape index (κ1) is 24.6. The van der Waals surface area contributed by atoms with E-state index in [1.165, 1.54) is 0 Å². The average Bonchev–Trinajstić information content (AvgIpc) is 3.14. The number of alkyl carbamates (subject to hydrolysis) is 1. The number of unbranched alkanes of at least 4 members (excludes halogenated alkanes) is 2. The van der Waals surface area contributed by atoms with Crippen LogP contribution in [0.1, 0.15) is 37.9 Å². The highest BCUT2D eigenvalue weighted by atomic mass is 16.5. The molecule has 2 rings (SSSR count). The summed E-state index contributed by atoms with van der Waals surface area (Å²) in [5.74, 6) is -0.156. The summed E-state index contributed by atoms with van der Waals surface area (Å²) < 4.78 is 12.3. The third-order valence-electron chi connectivity index (χ3n) is 4.55. The maximum absolute atomic E-state index is 11.9. The smallest absolute Gasteiger partial charge is 0.407 e. The molecule has 32 heavy (non-hydrogen) atoms. The second kappa shape index (κ2) is 12.3. The Hall–Kier alpha value is -3.64. The summed E-state index contributed by atoms with van der Waals surface area (Å²) in [5.41, 5.74) is 11.8. The fourth-order valence-electron chi connectivity index (χ4n) is 3.00. The molecule has 0 aromatic carbocycles. The Morgan fingerprint density at radius 1 is 1.25 bits per heavy atom. The van der Waals surface area contributed by atoms with E-state index in [-0.39, 0.29) is 25.5 Å². The molecule has 1 atom stereocenters. The van der Waals surface area contributed by atoms with Crippen LogP contribution in [0.2, 0.25) is 0 Å². The van der Waals surface area contributed by atoms with Crippen molar-refractivity contribution in [3.8, 4) is 5.88 Å². The van der Waals surface area contributed by atoms with Crippen LogP contribution in [0.5, 0.6) is 5.88 Å². The molecule has 0 saturated heterocycles. The molecule has 1 amide bonds. The van der Waals surface area contributed by atoms with Crippen molar-refractivity contribution >= 4 is 29.2 Å². The fourth-order valence-corrected chi connectivity index (χ4v) is 3.00. The van der Waals surface area contributed by atoms with Crippen molar-refractivity contribution in [3.05, 3.63) is 12.2 Å². The molecule has 176 valence electrons. The molecule has 2 heterocycles. The van der Waals surface area contributed by atoms with Crippen LogP contribution in [0.25, 0.3) is 11.2 Å². The molecular weight excluding hydrogens is 420 g/mol. The number of aromatic nitrogens is 4. The lowest BCUT2D eigenvalue weighted by molar-refractivity contribution is -0.139. The van der Waals surface area contributed by atoms with Gasteiger partial charge in [0.25, 0.3) is 0 Å². The maximum atomic E-state index is 11.9. The predicted molar refractivity (Wildman–Crippen MR) is 116 cm³/mol. The van der Waals surface area contributed by atoms with Gasteiger partial charge in [-0.05, 0) is 39.0 Å². The number of carboxylic acids is 1. The van der Waals surface area contributed by atoms with Crippen LogP contribution in [-0.2, 0) is 16.1 Å². The summed E-state index contributed by atoms with van der Waals surface area (Å²) in [6.45, 7) is 2.96. The van der Waals surface area contributed by atoms with Gasteiger partial charge in [0.1, 0.15) is 11.9 Å². The number of aliphatic carboxylic acids is 1. The molecule has 13 nitrogen and oxygen atoms in total. The molecule has 0 fully saturated rings. The maximum Gasteiger partial charge on any atom is 0.407 e. The molecule has 2 aromatic heterocycles. The van der Waals surface area contributed by atoms with Crippen molar-refractivity contribution < 1.29 is 24.2 Å². The van der Waals surface area contributed by atoms with Crippen LogP contribution < -0.4 is 21.5 Å². The van der Waals surface area contributed by atoms with Gasteiger partial charge in [-0.1, -0.05) is 0 Å². The molecule has 0 spiro atoms. The van der Waals surface area contributed by atoms with E-state index >= 15 is 0 Å². The van der Waals surface area contributed by atoms with Gasteiger partial charge in [0.2, 0.25) is 5.88 Å². The van der Waals surface area contributed by atoms with E-state index in [0.29, 0.717) is 42.3 Å². The largest absolute Gasteiger partial charge is 0.480 e. The Labute approximate surface area is 185 Å². The highest BCUT2D eigenvalue weighted by Gasteiger charge is 2.20. The molecule has 13 heteroatoms. The van der Waals surface area contributed by atoms with Gasteiger partial charge >= 0.3 is 12.1 Å². The van der Waals surface area contributed by atoms with Crippen LogP contribution in [0.3, 0.4) is 0 Å². The number of nitrogens with two attached hydrogens (primary N) is 2. The van der Waals surface area contributed by atoms with E-state index < -0.39 is 18.1 Å². The summed E-state index contributed by atoms with van der Waals surface area (Å²) in [7, 11) is 1.54. The minimum atomic E-state index is -1.14. The number of carbonyl (C=O) groups excluding carboxylic acids is 1. The molecule has 6 N–H and O–H groups in total. The Balaban J connectivity index is 1.68. The van der Waals surface area contributed by atoms with Gasteiger partial charge in [0.15, 0.2) is 17.1 Å².